The third-order valence-electron chi connectivity index (χ3n) is 12.1. The predicted octanol–water partition coefficient (Wildman–Crippen LogP) is 13.3. The van der Waals surface area contributed by atoms with Crippen LogP contribution in [0.15, 0.2) is 168 Å². The first kappa shape index (κ1) is 31.8. The van der Waals surface area contributed by atoms with E-state index in [1.165, 1.54) is 92.4 Å². The fourth-order valence-electron chi connectivity index (χ4n) is 9.44. The number of para-hydroxylation sites is 2. The summed E-state index contributed by atoms with van der Waals surface area (Å²) < 4.78 is 6.31. The second-order valence-corrected chi connectivity index (χ2v) is 15.2. The lowest BCUT2D eigenvalue weighted by Crippen LogP contribution is -2.45. The summed E-state index contributed by atoms with van der Waals surface area (Å²) in [4.78, 5) is 2.58. The molecule has 2 unspecified atom stereocenters. The minimum absolute atomic E-state index is 0.270. The van der Waals surface area contributed by atoms with Gasteiger partial charge in [0, 0.05) is 28.1 Å². The lowest BCUT2D eigenvalue weighted by atomic mass is 9.73. The van der Waals surface area contributed by atoms with Gasteiger partial charge < -0.3 is 9.32 Å². The molecule has 0 radical (unpaired) electrons. The summed E-state index contributed by atoms with van der Waals surface area (Å²) in [5.74, 6) is 0.270. The van der Waals surface area contributed by atoms with E-state index in [-0.39, 0.29) is 11.5 Å². The van der Waals surface area contributed by atoms with Crippen LogP contribution in [0.4, 0.5) is 11.4 Å². The van der Waals surface area contributed by atoms with Gasteiger partial charge >= 0.3 is 0 Å². The van der Waals surface area contributed by atoms with Crippen molar-refractivity contribution in [2.45, 2.75) is 51.0 Å². The number of anilines is 2. The van der Waals surface area contributed by atoms with Gasteiger partial charge in [0.2, 0.25) is 0 Å². The minimum atomic E-state index is -0.343. The van der Waals surface area contributed by atoms with Crippen molar-refractivity contribution in [3.63, 3.8) is 0 Å². The Morgan fingerprint density at radius 2 is 1.40 bits per heavy atom. The zero-order valence-electron chi connectivity index (χ0n) is 30.3. The summed E-state index contributed by atoms with van der Waals surface area (Å²) in [6, 6.07) is 51.1. The topological polar surface area (TPSA) is 16.4 Å². The third kappa shape index (κ3) is 5.47. The van der Waals surface area contributed by atoms with Gasteiger partial charge in [0.1, 0.15) is 11.2 Å². The van der Waals surface area contributed by atoms with Crippen LogP contribution in [0.5, 0.6) is 0 Å². The van der Waals surface area contributed by atoms with Crippen molar-refractivity contribution in [1.82, 2.24) is 0 Å². The number of aryl methyl sites for hydroxylation is 1. The molecule has 10 rings (SSSR count). The molecule has 3 aliphatic rings. The molecule has 2 heteroatoms. The van der Waals surface area contributed by atoms with E-state index >= 15 is 0 Å². The van der Waals surface area contributed by atoms with Crippen molar-refractivity contribution in [3.8, 4) is 11.1 Å². The molecular weight excluding hydrogens is 643 g/mol. The van der Waals surface area contributed by atoms with Crippen LogP contribution in [0.2, 0.25) is 0 Å². The zero-order valence-corrected chi connectivity index (χ0v) is 30.3. The van der Waals surface area contributed by atoms with Crippen LogP contribution in [0.1, 0.15) is 54.0 Å². The molecule has 0 aliphatic heterocycles. The molecule has 1 heterocycles. The van der Waals surface area contributed by atoms with Crippen LogP contribution in [0.25, 0.3) is 44.7 Å². The predicted molar refractivity (Wildman–Crippen MR) is 223 cm³/mol. The van der Waals surface area contributed by atoms with Gasteiger partial charge in [-0.1, -0.05) is 127 Å². The monoisotopic (exact) mass is 685 g/mol. The summed E-state index contributed by atoms with van der Waals surface area (Å²) in [7, 11) is 0. The van der Waals surface area contributed by atoms with Crippen molar-refractivity contribution >= 4 is 45.0 Å². The first-order valence-corrected chi connectivity index (χ1v) is 19.3. The van der Waals surface area contributed by atoms with Crippen molar-refractivity contribution in [2.75, 3.05) is 4.90 Å². The van der Waals surface area contributed by atoms with Gasteiger partial charge in [-0.3, -0.25) is 0 Å². The molecule has 3 aliphatic carbocycles. The number of rotatable bonds is 6. The lowest BCUT2D eigenvalue weighted by Gasteiger charge is -2.47. The standard InChI is InChI=1S/C51H43NO/c1-51(52(41-17-6-3-7-18-41)42-28-25-36(26-29-42)44-21-12-16-35-13-8-9-19-43(35)44)32-31-40(34-47(51)38-14-4-2-5-15-38)39-24-23-37-27-30-49-50(46(37)33-39)45-20-10-11-22-48(45)53-49/h2-7,10-12,14-18,20-31,34,39H,8-9,13,19,32-33H2,1H3. The van der Waals surface area contributed by atoms with Gasteiger partial charge in [0.05, 0.1) is 5.54 Å². The highest BCUT2D eigenvalue weighted by Crippen LogP contribution is 2.48. The van der Waals surface area contributed by atoms with Gasteiger partial charge in [-0.15, -0.1) is 0 Å². The number of furan rings is 1. The lowest BCUT2D eigenvalue weighted by molar-refractivity contribution is 0.579. The summed E-state index contributed by atoms with van der Waals surface area (Å²) >= 11 is 0. The fourth-order valence-corrected chi connectivity index (χ4v) is 9.44. The van der Waals surface area contributed by atoms with Crippen molar-refractivity contribution in [2.24, 2.45) is 5.92 Å². The molecule has 0 amide bonds. The zero-order chi connectivity index (χ0) is 35.4. The Morgan fingerprint density at radius 1 is 0.642 bits per heavy atom. The fraction of sp³-hybridized carbons (Fsp3) is 0.176. The maximum atomic E-state index is 6.31. The smallest absolute Gasteiger partial charge is 0.135 e. The Morgan fingerprint density at radius 3 is 2.25 bits per heavy atom. The van der Waals surface area contributed by atoms with Gasteiger partial charge in [0.15, 0.2) is 0 Å². The molecule has 0 bridgehead atoms. The Labute approximate surface area is 312 Å². The van der Waals surface area contributed by atoms with Crippen LogP contribution in [0.3, 0.4) is 0 Å². The van der Waals surface area contributed by atoms with E-state index in [0.717, 1.165) is 24.0 Å². The maximum absolute atomic E-state index is 6.31. The van der Waals surface area contributed by atoms with Gasteiger partial charge in [-0.25, -0.2) is 0 Å². The molecule has 1 aromatic heterocycles. The van der Waals surface area contributed by atoms with Crippen LogP contribution < -0.4 is 4.90 Å². The van der Waals surface area contributed by atoms with Gasteiger partial charge in [-0.05, 0) is 132 Å². The molecule has 7 aromatic rings. The molecule has 0 saturated heterocycles. The van der Waals surface area contributed by atoms with E-state index in [1.54, 1.807) is 5.56 Å². The van der Waals surface area contributed by atoms with Gasteiger partial charge in [0.25, 0.3) is 0 Å². The summed E-state index contributed by atoms with van der Waals surface area (Å²) in [5.41, 5.74) is 16.4. The molecule has 53 heavy (non-hydrogen) atoms. The second kappa shape index (κ2) is 13.0. The molecule has 258 valence electrons. The highest BCUT2D eigenvalue weighted by atomic mass is 16.3. The maximum Gasteiger partial charge on any atom is 0.135 e. The van der Waals surface area contributed by atoms with Crippen LogP contribution >= 0.6 is 0 Å². The molecular formula is C51H43NO. The summed E-state index contributed by atoms with van der Waals surface area (Å²) in [5, 5.41) is 2.46. The van der Waals surface area contributed by atoms with Crippen LogP contribution in [-0.4, -0.2) is 5.54 Å². The van der Waals surface area contributed by atoms with Gasteiger partial charge in [-0.2, -0.15) is 0 Å². The van der Waals surface area contributed by atoms with Crippen molar-refractivity contribution < 1.29 is 4.42 Å². The summed E-state index contributed by atoms with van der Waals surface area (Å²) in [6.07, 6.45) is 16.5. The number of allylic oxidation sites excluding steroid dienone is 3. The molecule has 6 aromatic carbocycles. The number of nitrogens with zero attached hydrogens (tertiary/aromatic N) is 1. The molecule has 0 spiro atoms. The Bertz CT molecular complexity index is 2570. The van der Waals surface area contributed by atoms with Crippen LogP contribution in [-0.2, 0) is 19.3 Å². The Hall–Kier alpha value is -5.86. The van der Waals surface area contributed by atoms with Crippen LogP contribution in [0, 0.1) is 5.92 Å². The van der Waals surface area contributed by atoms with E-state index in [4.69, 9.17) is 4.42 Å². The number of hydrogen-bond acceptors (Lipinski definition) is 2. The average Bonchev–Trinajstić information content (AvgIpc) is 3.61. The quantitative estimate of drug-likeness (QED) is 0.173. The number of benzene rings is 6. The van der Waals surface area contributed by atoms with E-state index < -0.39 is 0 Å². The number of hydrogen-bond donors (Lipinski definition) is 0. The van der Waals surface area contributed by atoms with Crippen molar-refractivity contribution in [3.05, 3.63) is 191 Å². The molecule has 0 saturated carbocycles. The molecule has 2 nitrogen and oxygen atoms in total. The molecule has 0 N–H and O–H groups in total. The average molecular weight is 686 g/mol. The van der Waals surface area contributed by atoms with E-state index in [0.29, 0.717) is 0 Å². The molecule has 0 fully saturated rings. The summed E-state index contributed by atoms with van der Waals surface area (Å²) in [6.45, 7) is 2.43. The SMILES string of the molecule is CC1(N(c2ccccc2)c2ccc(-c3cccc4c3CCCC4)cc2)CC=C(C2C=Cc3ccc4oc5ccccc5c4c3C2)C=C1c1ccccc1. The largest absolute Gasteiger partial charge is 0.456 e. The minimum Gasteiger partial charge on any atom is -0.456 e. The van der Waals surface area contributed by atoms with E-state index in [9.17, 15) is 0 Å². The Balaban J connectivity index is 1.06. The first-order chi connectivity index (χ1) is 26.1. The van der Waals surface area contributed by atoms with E-state index in [2.05, 4.69) is 176 Å². The highest BCUT2D eigenvalue weighted by Gasteiger charge is 2.40. The first-order valence-electron chi connectivity index (χ1n) is 19.3. The van der Waals surface area contributed by atoms with Crippen molar-refractivity contribution in [1.29, 1.82) is 0 Å². The Kier molecular flexibility index (Phi) is 7.79. The second-order valence-electron chi connectivity index (χ2n) is 15.2. The van der Waals surface area contributed by atoms with E-state index in [1.807, 2.05) is 0 Å². The normalized spacial score (nSPS) is 19.4. The molecule has 2 atom stereocenters. The number of fused-ring (bicyclic) bond motifs is 6. The third-order valence-corrected chi connectivity index (χ3v) is 12.1. The highest BCUT2D eigenvalue weighted by molar-refractivity contribution is 6.08.